The Kier molecular flexibility index (Phi) is 7.63. The highest BCUT2D eigenvalue weighted by Gasteiger charge is 2.64. The van der Waals surface area contributed by atoms with Crippen LogP contribution in [0.1, 0.15) is 97.5 Å². The van der Waals surface area contributed by atoms with Gasteiger partial charge in [0.25, 0.3) is 5.91 Å². The summed E-state index contributed by atoms with van der Waals surface area (Å²) in [6.45, 7) is 5.38. The molecule has 9 rings (SSSR count). The minimum atomic E-state index is -3.70. The molecule has 1 aromatic heterocycles. The summed E-state index contributed by atoms with van der Waals surface area (Å²) in [4.78, 5) is 32.8. The van der Waals surface area contributed by atoms with Crippen molar-refractivity contribution in [2.24, 2.45) is 5.41 Å². The molecule has 260 valence electrons. The Labute approximate surface area is 287 Å². The number of morpholine rings is 1. The van der Waals surface area contributed by atoms with E-state index in [0.29, 0.717) is 43.3 Å². The van der Waals surface area contributed by atoms with Crippen molar-refractivity contribution in [1.82, 2.24) is 19.1 Å². The number of piperidine rings is 1. The standard InChI is InChI=1S/C38H46N4O6S/c43-27-7-11-29-31(21-27)32-22-38(32,37(45)41-14-12-26(13-15-41)40-16-18-48-19-17-40)23-42-33-20-25(36(44)39-49(46,47)28-8-9-28)6-10-30(33)34(35(29)42)24-4-2-1-3-5-24/h6-7,10-11,20-21,24,26,28,32,43H,1-5,8-9,12-19,22-23H2,(H,39,44). The summed E-state index contributed by atoms with van der Waals surface area (Å²) < 4.78 is 35.6. The van der Waals surface area contributed by atoms with Crippen molar-refractivity contribution in [2.45, 2.75) is 93.9 Å². The predicted octanol–water partition coefficient (Wildman–Crippen LogP) is 5.09. The summed E-state index contributed by atoms with van der Waals surface area (Å²) in [6.07, 6.45) is 9.46. The zero-order valence-corrected chi connectivity index (χ0v) is 28.8. The lowest BCUT2D eigenvalue weighted by molar-refractivity contribution is -0.139. The lowest BCUT2D eigenvalue weighted by Crippen LogP contribution is -2.51. The van der Waals surface area contributed by atoms with Crippen LogP contribution in [0, 0.1) is 5.41 Å². The third-order valence-corrected chi connectivity index (χ3v) is 14.3. The summed E-state index contributed by atoms with van der Waals surface area (Å²) in [6, 6.07) is 11.7. The van der Waals surface area contributed by atoms with E-state index < -0.39 is 26.6 Å². The SMILES string of the molecule is O=C(NS(=O)(=O)C1CC1)c1ccc2c(C3CCCCC3)c3n(c2c1)CC1(C(=O)N2CCC(N4CCOCC4)CC2)CC1c1cc(O)ccc1-3. The second-order valence-electron chi connectivity index (χ2n) is 15.4. The number of aromatic nitrogens is 1. The van der Waals surface area contributed by atoms with Crippen LogP contribution in [0.2, 0.25) is 0 Å². The van der Waals surface area contributed by atoms with Crippen LogP contribution in [0.3, 0.4) is 0 Å². The maximum atomic E-state index is 14.8. The van der Waals surface area contributed by atoms with Crippen molar-refractivity contribution in [3.05, 3.63) is 53.1 Å². The van der Waals surface area contributed by atoms with Gasteiger partial charge < -0.3 is 19.3 Å². The average Bonchev–Trinajstić information content (AvgIpc) is 4.05. The third kappa shape index (κ3) is 5.38. The number of phenols is 1. The van der Waals surface area contributed by atoms with E-state index in [0.717, 1.165) is 106 Å². The molecule has 0 spiro atoms. The largest absolute Gasteiger partial charge is 0.508 e. The molecule has 2 aromatic carbocycles. The Morgan fingerprint density at radius 2 is 1.65 bits per heavy atom. The van der Waals surface area contributed by atoms with Gasteiger partial charge in [0.1, 0.15) is 5.75 Å². The van der Waals surface area contributed by atoms with Crippen LogP contribution in [-0.2, 0) is 26.1 Å². The highest BCUT2D eigenvalue weighted by molar-refractivity contribution is 7.91. The molecule has 0 bridgehead atoms. The van der Waals surface area contributed by atoms with E-state index in [2.05, 4.69) is 19.1 Å². The van der Waals surface area contributed by atoms with E-state index in [1.807, 2.05) is 24.3 Å². The van der Waals surface area contributed by atoms with Crippen molar-refractivity contribution in [2.75, 3.05) is 39.4 Å². The van der Waals surface area contributed by atoms with Gasteiger partial charge in [-0.05, 0) is 92.3 Å². The first-order valence-electron chi connectivity index (χ1n) is 18.4. The summed E-state index contributed by atoms with van der Waals surface area (Å²) >= 11 is 0. The molecule has 2 N–H and O–H groups in total. The average molecular weight is 687 g/mol. The molecule has 0 radical (unpaired) electrons. The van der Waals surface area contributed by atoms with Gasteiger partial charge in [-0.2, -0.15) is 0 Å². The first-order valence-corrected chi connectivity index (χ1v) is 19.9. The maximum absolute atomic E-state index is 14.8. The molecule has 2 unspecified atom stereocenters. The van der Waals surface area contributed by atoms with Gasteiger partial charge in [0.15, 0.2) is 0 Å². The molecule has 5 fully saturated rings. The summed E-state index contributed by atoms with van der Waals surface area (Å²) in [5, 5.41) is 11.3. The van der Waals surface area contributed by atoms with Gasteiger partial charge in [0.2, 0.25) is 15.9 Å². The number of benzene rings is 2. The van der Waals surface area contributed by atoms with Gasteiger partial charge in [-0.25, -0.2) is 13.1 Å². The second-order valence-corrected chi connectivity index (χ2v) is 17.4. The number of nitrogens with zero attached hydrogens (tertiary/aromatic N) is 3. The maximum Gasteiger partial charge on any atom is 0.264 e. The van der Waals surface area contributed by atoms with Crippen molar-refractivity contribution in [3.8, 4) is 17.0 Å². The molecule has 10 nitrogen and oxygen atoms in total. The molecule has 2 saturated heterocycles. The number of carbonyl (C=O) groups is 2. The summed E-state index contributed by atoms with van der Waals surface area (Å²) in [7, 11) is -3.70. The topological polar surface area (TPSA) is 121 Å². The predicted molar refractivity (Wildman–Crippen MR) is 186 cm³/mol. The number of ether oxygens (including phenoxy) is 1. The number of rotatable bonds is 6. The quantitative estimate of drug-likeness (QED) is 0.371. The second kappa shape index (κ2) is 11.8. The fraction of sp³-hybridized carbons (Fsp3) is 0.579. The lowest BCUT2D eigenvalue weighted by atomic mass is 9.81. The van der Waals surface area contributed by atoms with Crippen molar-refractivity contribution >= 4 is 32.7 Å². The number of amides is 2. The normalized spacial score (nSPS) is 26.4. The first-order chi connectivity index (χ1) is 23.7. The molecule has 11 heteroatoms. The summed E-state index contributed by atoms with van der Waals surface area (Å²) in [5.74, 6) is 0.108. The number of hydrogen-bond donors (Lipinski definition) is 2. The highest BCUT2D eigenvalue weighted by Crippen LogP contribution is 2.66. The molecule has 3 aliphatic carbocycles. The number of nitrogens with one attached hydrogen (secondary N) is 1. The van der Waals surface area contributed by atoms with Crippen LogP contribution in [0.25, 0.3) is 22.2 Å². The van der Waals surface area contributed by atoms with Crippen molar-refractivity contribution < 1.29 is 27.9 Å². The zero-order chi connectivity index (χ0) is 33.5. The van der Waals surface area contributed by atoms with Crippen LogP contribution in [-0.4, -0.2) is 90.4 Å². The van der Waals surface area contributed by atoms with E-state index in [4.69, 9.17) is 4.74 Å². The molecule has 49 heavy (non-hydrogen) atoms. The number of sulfonamides is 1. The number of phenolic OH excluding ortho intramolecular Hbond substituents is 1. The molecule has 3 aromatic rings. The minimum Gasteiger partial charge on any atom is -0.508 e. The molecule has 6 aliphatic rings. The minimum absolute atomic E-state index is 0.0108. The molecular weight excluding hydrogens is 641 g/mol. The summed E-state index contributed by atoms with van der Waals surface area (Å²) in [5.41, 5.74) is 4.96. The Morgan fingerprint density at radius 3 is 2.39 bits per heavy atom. The molecule has 4 heterocycles. The van der Waals surface area contributed by atoms with E-state index in [9.17, 15) is 23.1 Å². The fourth-order valence-electron chi connectivity index (χ4n) is 9.65. The van der Waals surface area contributed by atoms with Crippen molar-refractivity contribution in [3.63, 3.8) is 0 Å². The van der Waals surface area contributed by atoms with Crippen LogP contribution in [0.5, 0.6) is 5.75 Å². The van der Waals surface area contributed by atoms with Gasteiger partial charge in [0, 0.05) is 66.7 Å². The Bertz CT molecular complexity index is 1930. The van der Waals surface area contributed by atoms with Gasteiger partial charge in [-0.1, -0.05) is 25.3 Å². The van der Waals surface area contributed by atoms with Gasteiger partial charge in [-0.15, -0.1) is 0 Å². The molecular formula is C38H46N4O6S. The van der Waals surface area contributed by atoms with Crippen molar-refractivity contribution in [1.29, 1.82) is 0 Å². The lowest BCUT2D eigenvalue weighted by Gasteiger charge is -2.41. The zero-order valence-electron chi connectivity index (χ0n) is 28.0. The van der Waals surface area contributed by atoms with Crippen LogP contribution in [0.4, 0.5) is 0 Å². The van der Waals surface area contributed by atoms with E-state index in [1.165, 1.54) is 12.0 Å². The number of likely N-dealkylation sites (tertiary alicyclic amines) is 1. The highest BCUT2D eigenvalue weighted by atomic mass is 32.2. The van der Waals surface area contributed by atoms with Gasteiger partial charge >= 0.3 is 0 Å². The Morgan fingerprint density at radius 1 is 0.898 bits per heavy atom. The molecule has 3 saturated carbocycles. The molecule has 2 atom stereocenters. The van der Waals surface area contributed by atoms with Crippen LogP contribution in [0.15, 0.2) is 36.4 Å². The van der Waals surface area contributed by atoms with Crippen LogP contribution < -0.4 is 4.72 Å². The third-order valence-electron chi connectivity index (χ3n) is 12.5. The van der Waals surface area contributed by atoms with Crippen LogP contribution >= 0.6 is 0 Å². The van der Waals surface area contributed by atoms with Gasteiger partial charge in [-0.3, -0.25) is 14.5 Å². The monoisotopic (exact) mass is 686 g/mol. The molecule has 3 aliphatic heterocycles. The van der Waals surface area contributed by atoms with E-state index >= 15 is 0 Å². The fourth-order valence-corrected chi connectivity index (χ4v) is 10.9. The number of hydrogen-bond acceptors (Lipinski definition) is 7. The Hall–Kier alpha value is -3.41. The number of carbonyl (C=O) groups excluding carboxylic acids is 2. The Balaban J connectivity index is 1.13. The van der Waals surface area contributed by atoms with Gasteiger partial charge in [0.05, 0.1) is 29.6 Å². The van der Waals surface area contributed by atoms with E-state index in [-0.39, 0.29) is 17.6 Å². The van der Waals surface area contributed by atoms with E-state index in [1.54, 1.807) is 12.1 Å². The molecule has 2 amide bonds. The number of fused-ring (bicyclic) bond motifs is 7. The first kappa shape index (κ1) is 31.6. The smallest absolute Gasteiger partial charge is 0.264 e. The number of aromatic hydroxyl groups is 1.